The zero-order valence-electron chi connectivity index (χ0n) is 14.0. The van der Waals surface area contributed by atoms with Gasteiger partial charge in [-0.25, -0.2) is 9.97 Å². The van der Waals surface area contributed by atoms with Gasteiger partial charge in [0, 0.05) is 12.1 Å². The van der Waals surface area contributed by atoms with Crippen LogP contribution in [0, 0.1) is 0 Å². The van der Waals surface area contributed by atoms with Gasteiger partial charge >= 0.3 is 0 Å². The molecule has 0 spiro atoms. The van der Waals surface area contributed by atoms with Crippen molar-refractivity contribution in [2.45, 2.75) is 78.1 Å². The maximum Gasteiger partial charge on any atom is 0.134 e. The van der Waals surface area contributed by atoms with Crippen molar-refractivity contribution in [2.24, 2.45) is 0 Å². The zero-order chi connectivity index (χ0) is 15.5. The van der Waals surface area contributed by atoms with E-state index in [9.17, 15) is 0 Å². The van der Waals surface area contributed by atoms with Gasteiger partial charge in [0.1, 0.15) is 18.0 Å². The lowest BCUT2D eigenvalue weighted by Gasteiger charge is -2.14. The maximum absolute atomic E-state index is 5.94. The third-order valence-corrected chi connectivity index (χ3v) is 3.81. The van der Waals surface area contributed by atoms with Crippen LogP contribution in [-0.2, 0) is 0 Å². The van der Waals surface area contributed by atoms with Gasteiger partial charge < -0.3 is 11.1 Å². The molecule has 0 aliphatic carbocycles. The van der Waals surface area contributed by atoms with Crippen LogP contribution in [0.4, 0.5) is 11.6 Å². The Morgan fingerprint density at radius 2 is 1.62 bits per heavy atom. The predicted octanol–water partition coefficient (Wildman–Crippen LogP) is 4.73. The molecule has 3 N–H and O–H groups in total. The van der Waals surface area contributed by atoms with E-state index in [4.69, 9.17) is 5.73 Å². The summed E-state index contributed by atoms with van der Waals surface area (Å²) in [6, 6.07) is 0. The molecule has 4 heteroatoms. The lowest BCUT2D eigenvalue weighted by molar-refractivity contribution is 0.581. The predicted molar refractivity (Wildman–Crippen MR) is 91.6 cm³/mol. The third-order valence-electron chi connectivity index (χ3n) is 3.81. The van der Waals surface area contributed by atoms with Crippen molar-refractivity contribution in [3.63, 3.8) is 0 Å². The van der Waals surface area contributed by atoms with Gasteiger partial charge in [-0.1, -0.05) is 65.7 Å². The fraction of sp³-hybridized carbons (Fsp3) is 0.765. The minimum Gasteiger partial charge on any atom is -0.383 e. The van der Waals surface area contributed by atoms with Gasteiger partial charge in [0.25, 0.3) is 0 Å². The number of hydrogen-bond donors (Lipinski definition) is 2. The standard InChI is InChI=1S/C17H32N4/c1-4-5-6-7-8-9-10-11-12-19-17-15(14(2)3)16(18)20-13-21-17/h13-14H,4-12H2,1-3H3,(H3,18,19,20,21). The van der Waals surface area contributed by atoms with E-state index >= 15 is 0 Å². The van der Waals surface area contributed by atoms with Crippen molar-refractivity contribution in [3.05, 3.63) is 11.9 Å². The monoisotopic (exact) mass is 292 g/mol. The van der Waals surface area contributed by atoms with Gasteiger partial charge in [-0.3, -0.25) is 0 Å². The SMILES string of the molecule is CCCCCCCCCCNc1ncnc(N)c1C(C)C. The van der Waals surface area contributed by atoms with Crippen molar-refractivity contribution in [1.29, 1.82) is 0 Å². The van der Waals surface area contributed by atoms with Crippen molar-refractivity contribution in [3.8, 4) is 0 Å². The molecule has 0 aliphatic heterocycles. The molecule has 1 heterocycles. The fourth-order valence-electron chi connectivity index (χ4n) is 2.58. The van der Waals surface area contributed by atoms with Crippen LogP contribution in [0.1, 0.15) is 83.6 Å². The Hall–Kier alpha value is -1.32. The Kier molecular flexibility index (Phi) is 8.79. The molecule has 0 amide bonds. The minimum atomic E-state index is 0.340. The average molecular weight is 292 g/mol. The highest BCUT2D eigenvalue weighted by Crippen LogP contribution is 2.26. The number of nitrogens with zero attached hydrogens (tertiary/aromatic N) is 2. The summed E-state index contributed by atoms with van der Waals surface area (Å²) >= 11 is 0. The number of nitrogens with one attached hydrogen (secondary N) is 1. The molecule has 0 radical (unpaired) electrons. The van der Waals surface area contributed by atoms with Gasteiger partial charge in [-0.15, -0.1) is 0 Å². The molecule has 0 unspecified atom stereocenters. The maximum atomic E-state index is 5.94. The quantitative estimate of drug-likeness (QED) is 0.578. The summed E-state index contributed by atoms with van der Waals surface area (Å²) in [5.74, 6) is 1.84. The summed E-state index contributed by atoms with van der Waals surface area (Å²) in [4.78, 5) is 8.41. The number of rotatable bonds is 11. The Labute approximate surface area is 130 Å². The topological polar surface area (TPSA) is 63.8 Å². The second-order valence-electron chi connectivity index (χ2n) is 6.08. The van der Waals surface area contributed by atoms with Gasteiger partial charge in [0.2, 0.25) is 0 Å². The van der Waals surface area contributed by atoms with E-state index < -0.39 is 0 Å². The lowest BCUT2D eigenvalue weighted by atomic mass is 10.0. The first-order valence-corrected chi connectivity index (χ1v) is 8.51. The summed E-state index contributed by atoms with van der Waals surface area (Å²) in [5, 5.41) is 3.42. The van der Waals surface area contributed by atoms with E-state index in [0.717, 1.165) is 17.9 Å². The molecule has 0 aromatic carbocycles. The number of nitrogens with two attached hydrogens (primary N) is 1. The van der Waals surface area contributed by atoms with Gasteiger partial charge in [0.15, 0.2) is 0 Å². The first-order chi connectivity index (χ1) is 10.2. The summed E-state index contributed by atoms with van der Waals surface area (Å²) in [5.41, 5.74) is 6.98. The Morgan fingerprint density at radius 3 is 2.24 bits per heavy atom. The molecule has 120 valence electrons. The van der Waals surface area contributed by atoms with Crippen LogP contribution in [-0.4, -0.2) is 16.5 Å². The summed E-state index contributed by atoms with van der Waals surface area (Å²) in [6.45, 7) is 7.47. The lowest BCUT2D eigenvalue weighted by Crippen LogP contribution is -2.10. The normalized spacial score (nSPS) is 11.0. The Balaban J connectivity index is 2.20. The molecule has 0 saturated carbocycles. The van der Waals surface area contributed by atoms with Gasteiger partial charge in [-0.2, -0.15) is 0 Å². The molecule has 0 aliphatic rings. The number of unbranched alkanes of at least 4 members (excludes halogenated alkanes) is 7. The largest absolute Gasteiger partial charge is 0.383 e. The highest BCUT2D eigenvalue weighted by Gasteiger charge is 2.12. The summed E-state index contributed by atoms with van der Waals surface area (Å²) < 4.78 is 0. The molecule has 21 heavy (non-hydrogen) atoms. The van der Waals surface area contributed by atoms with Crippen molar-refractivity contribution in [2.75, 3.05) is 17.6 Å². The van der Waals surface area contributed by atoms with Crippen LogP contribution in [0.3, 0.4) is 0 Å². The van der Waals surface area contributed by atoms with Crippen LogP contribution in [0.25, 0.3) is 0 Å². The van der Waals surface area contributed by atoms with Gasteiger partial charge in [-0.05, 0) is 12.3 Å². The number of hydrogen-bond acceptors (Lipinski definition) is 4. The molecule has 1 aromatic heterocycles. The van der Waals surface area contributed by atoms with Crippen molar-refractivity contribution in [1.82, 2.24) is 9.97 Å². The van der Waals surface area contributed by atoms with Crippen LogP contribution < -0.4 is 11.1 Å². The molecule has 0 saturated heterocycles. The number of anilines is 2. The third kappa shape index (κ3) is 6.78. The highest BCUT2D eigenvalue weighted by molar-refractivity contribution is 5.56. The molecular formula is C17H32N4. The van der Waals surface area contributed by atoms with Crippen LogP contribution >= 0.6 is 0 Å². The highest BCUT2D eigenvalue weighted by atomic mass is 15.0. The number of nitrogen functional groups attached to an aromatic ring is 1. The smallest absolute Gasteiger partial charge is 0.134 e. The zero-order valence-corrected chi connectivity index (χ0v) is 14.0. The van der Waals surface area contributed by atoms with E-state index in [0.29, 0.717) is 11.7 Å². The first-order valence-electron chi connectivity index (χ1n) is 8.51. The Bertz CT molecular complexity index is 390. The fourth-order valence-corrected chi connectivity index (χ4v) is 2.58. The number of aromatic nitrogens is 2. The molecule has 0 atom stereocenters. The van der Waals surface area contributed by atoms with Gasteiger partial charge in [0.05, 0.1) is 0 Å². The molecule has 4 nitrogen and oxygen atoms in total. The molecule has 0 bridgehead atoms. The van der Waals surface area contributed by atoms with E-state index in [1.54, 1.807) is 0 Å². The average Bonchev–Trinajstić information content (AvgIpc) is 2.45. The second-order valence-corrected chi connectivity index (χ2v) is 6.08. The first kappa shape index (κ1) is 17.7. The second kappa shape index (κ2) is 10.4. The van der Waals surface area contributed by atoms with E-state index in [-0.39, 0.29) is 0 Å². The van der Waals surface area contributed by atoms with E-state index in [1.807, 2.05) is 0 Å². The van der Waals surface area contributed by atoms with E-state index in [1.165, 1.54) is 57.7 Å². The van der Waals surface area contributed by atoms with Crippen LogP contribution in [0.2, 0.25) is 0 Å². The van der Waals surface area contributed by atoms with Crippen molar-refractivity contribution >= 4 is 11.6 Å². The molecule has 1 rings (SSSR count). The summed E-state index contributed by atoms with van der Waals surface area (Å²) in [6.07, 6.45) is 12.2. The van der Waals surface area contributed by atoms with Crippen LogP contribution in [0.15, 0.2) is 6.33 Å². The van der Waals surface area contributed by atoms with Crippen molar-refractivity contribution < 1.29 is 0 Å². The summed E-state index contributed by atoms with van der Waals surface area (Å²) in [7, 11) is 0. The van der Waals surface area contributed by atoms with E-state index in [2.05, 4.69) is 36.1 Å². The molecule has 0 fully saturated rings. The minimum absolute atomic E-state index is 0.340. The molecule has 1 aromatic rings. The van der Waals surface area contributed by atoms with Crippen LogP contribution in [0.5, 0.6) is 0 Å². The Morgan fingerprint density at radius 1 is 1.00 bits per heavy atom. The molecular weight excluding hydrogens is 260 g/mol.